The zero-order chi connectivity index (χ0) is 13.2. The van der Waals surface area contributed by atoms with Crippen molar-refractivity contribution >= 4 is 0 Å². The van der Waals surface area contributed by atoms with Crippen molar-refractivity contribution in [2.24, 2.45) is 11.8 Å². The van der Waals surface area contributed by atoms with E-state index in [1.54, 1.807) is 0 Å². The Labute approximate surface area is 116 Å². The molecule has 3 nitrogen and oxygen atoms in total. The smallest absolute Gasteiger partial charge is 0.0951 e. The van der Waals surface area contributed by atoms with E-state index in [0.29, 0.717) is 12.1 Å². The lowest BCUT2D eigenvalue weighted by atomic mass is 9.80. The van der Waals surface area contributed by atoms with Crippen molar-refractivity contribution in [3.63, 3.8) is 0 Å². The van der Waals surface area contributed by atoms with Gasteiger partial charge in [0.05, 0.1) is 12.0 Å². The van der Waals surface area contributed by atoms with Crippen molar-refractivity contribution in [3.05, 3.63) is 18.2 Å². The summed E-state index contributed by atoms with van der Waals surface area (Å²) in [6.45, 7) is 5.96. The van der Waals surface area contributed by atoms with Crippen molar-refractivity contribution in [1.82, 2.24) is 14.9 Å². The van der Waals surface area contributed by atoms with Gasteiger partial charge in [0.15, 0.2) is 0 Å². The van der Waals surface area contributed by atoms with Crippen LogP contribution in [0.15, 0.2) is 12.5 Å². The first-order valence-electron chi connectivity index (χ1n) is 7.99. The third-order valence-corrected chi connectivity index (χ3v) is 4.91. The molecule has 1 aromatic heterocycles. The fraction of sp³-hybridized carbons (Fsp3) is 0.812. The lowest BCUT2D eigenvalue weighted by Crippen LogP contribution is -2.30. The highest BCUT2D eigenvalue weighted by Gasteiger charge is 2.28. The second kappa shape index (κ2) is 5.66. The molecule has 3 rings (SSSR count). The largest absolute Gasteiger partial charge is 0.330 e. The van der Waals surface area contributed by atoms with E-state index in [1.807, 2.05) is 0 Å². The molecule has 3 heteroatoms. The highest BCUT2D eigenvalue weighted by atomic mass is 15.1. The Hall–Kier alpha value is -0.830. The van der Waals surface area contributed by atoms with Gasteiger partial charge in [-0.05, 0) is 50.5 Å². The molecule has 0 spiro atoms. The Morgan fingerprint density at radius 2 is 1.95 bits per heavy atom. The van der Waals surface area contributed by atoms with E-state index in [4.69, 9.17) is 0 Å². The highest BCUT2D eigenvalue weighted by molar-refractivity contribution is 5.08. The average Bonchev–Trinajstić information content (AvgIpc) is 2.88. The van der Waals surface area contributed by atoms with Gasteiger partial charge in [0.25, 0.3) is 0 Å². The zero-order valence-electron chi connectivity index (χ0n) is 12.3. The Morgan fingerprint density at radius 1 is 1.16 bits per heavy atom. The number of nitrogens with zero attached hydrogens (tertiary/aromatic N) is 2. The third-order valence-electron chi connectivity index (χ3n) is 4.91. The van der Waals surface area contributed by atoms with Crippen LogP contribution in [0.5, 0.6) is 0 Å². The molecule has 1 aliphatic heterocycles. The highest BCUT2D eigenvalue weighted by Crippen LogP contribution is 2.37. The van der Waals surface area contributed by atoms with Crippen LogP contribution in [-0.4, -0.2) is 16.1 Å². The van der Waals surface area contributed by atoms with Crippen molar-refractivity contribution in [2.75, 3.05) is 6.54 Å². The Bertz CT molecular complexity index is 396. The summed E-state index contributed by atoms with van der Waals surface area (Å²) < 4.78 is 2.48. The summed E-state index contributed by atoms with van der Waals surface area (Å²) in [4.78, 5) is 4.45. The minimum absolute atomic E-state index is 0.531. The first-order valence-corrected chi connectivity index (χ1v) is 7.99. The molecule has 2 heterocycles. The van der Waals surface area contributed by atoms with Gasteiger partial charge in [-0.25, -0.2) is 4.98 Å². The van der Waals surface area contributed by atoms with Crippen molar-refractivity contribution in [1.29, 1.82) is 0 Å². The van der Waals surface area contributed by atoms with Crippen LogP contribution < -0.4 is 5.32 Å². The molecule has 0 amide bonds. The summed E-state index contributed by atoms with van der Waals surface area (Å²) in [5, 5.41) is 3.66. The molecule has 0 bridgehead atoms. The van der Waals surface area contributed by atoms with Crippen LogP contribution >= 0.6 is 0 Å². The van der Waals surface area contributed by atoms with E-state index in [2.05, 4.69) is 41.2 Å². The van der Waals surface area contributed by atoms with E-state index in [-0.39, 0.29) is 0 Å². The average molecular weight is 261 g/mol. The van der Waals surface area contributed by atoms with E-state index >= 15 is 0 Å². The van der Waals surface area contributed by atoms with Crippen molar-refractivity contribution in [2.45, 2.75) is 64.5 Å². The fourth-order valence-corrected chi connectivity index (χ4v) is 4.13. The van der Waals surface area contributed by atoms with Gasteiger partial charge in [-0.3, -0.25) is 0 Å². The topological polar surface area (TPSA) is 29.9 Å². The van der Waals surface area contributed by atoms with Crippen LogP contribution in [0.1, 0.15) is 70.2 Å². The van der Waals surface area contributed by atoms with Crippen LogP contribution in [0.25, 0.3) is 0 Å². The minimum Gasteiger partial charge on any atom is -0.330 e. The molecule has 2 aliphatic rings. The molecule has 0 aromatic carbocycles. The first-order chi connectivity index (χ1) is 9.24. The Balaban J connectivity index is 1.78. The molecule has 3 unspecified atom stereocenters. The van der Waals surface area contributed by atoms with Crippen LogP contribution in [0, 0.1) is 11.8 Å². The molecule has 106 valence electrons. The molecule has 0 radical (unpaired) electrons. The molecule has 19 heavy (non-hydrogen) atoms. The molecule has 1 saturated carbocycles. The predicted molar refractivity (Wildman–Crippen MR) is 78.0 cm³/mol. The van der Waals surface area contributed by atoms with E-state index in [0.717, 1.165) is 18.4 Å². The molecule has 1 aliphatic carbocycles. The molecule has 1 aromatic rings. The quantitative estimate of drug-likeness (QED) is 0.880. The van der Waals surface area contributed by atoms with E-state index in [1.165, 1.54) is 44.2 Å². The summed E-state index contributed by atoms with van der Waals surface area (Å²) in [6.07, 6.45) is 12.1. The van der Waals surface area contributed by atoms with Crippen molar-refractivity contribution < 1.29 is 0 Å². The molecule has 3 atom stereocenters. The predicted octanol–water partition coefficient (Wildman–Crippen LogP) is 3.69. The number of nitrogens with one attached hydrogen (secondary N) is 1. The number of imidazole rings is 1. The number of piperidine rings is 1. The molecule has 1 N–H and O–H groups in total. The summed E-state index contributed by atoms with van der Waals surface area (Å²) in [5.74, 6) is 1.70. The van der Waals surface area contributed by atoms with Gasteiger partial charge in [-0.1, -0.05) is 20.3 Å². The molecular weight excluding hydrogens is 234 g/mol. The monoisotopic (exact) mass is 261 g/mol. The second-order valence-corrected chi connectivity index (χ2v) is 6.80. The van der Waals surface area contributed by atoms with Gasteiger partial charge in [-0.2, -0.15) is 0 Å². The van der Waals surface area contributed by atoms with E-state index in [9.17, 15) is 0 Å². The minimum atomic E-state index is 0.531. The number of rotatable bonds is 2. The SMILES string of the molecule is CC1CC(C)CC(n2cncc2C2CCCCN2)C1. The van der Waals surface area contributed by atoms with Crippen molar-refractivity contribution in [3.8, 4) is 0 Å². The first kappa shape index (κ1) is 13.2. The summed E-state index contributed by atoms with van der Waals surface area (Å²) in [7, 11) is 0. The lowest BCUT2D eigenvalue weighted by Gasteiger charge is -2.34. The number of hydrogen-bond acceptors (Lipinski definition) is 2. The standard InChI is InChI=1S/C16H27N3/c1-12-7-13(2)9-14(8-12)19-11-17-10-16(19)15-5-3-4-6-18-15/h10-15,18H,3-9H2,1-2H3. The molecule has 1 saturated heterocycles. The normalized spacial score (nSPS) is 36.3. The fourth-order valence-electron chi connectivity index (χ4n) is 4.13. The van der Waals surface area contributed by atoms with Gasteiger partial charge in [0, 0.05) is 18.3 Å². The van der Waals surface area contributed by atoms with Gasteiger partial charge >= 0.3 is 0 Å². The van der Waals surface area contributed by atoms with Crippen LogP contribution in [-0.2, 0) is 0 Å². The maximum Gasteiger partial charge on any atom is 0.0951 e. The van der Waals surface area contributed by atoms with Crippen LogP contribution in [0.3, 0.4) is 0 Å². The number of hydrogen-bond donors (Lipinski definition) is 1. The Kier molecular flexibility index (Phi) is 3.92. The van der Waals surface area contributed by atoms with Gasteiger partial charge in [-0.15, -0.1) is 0 Å². The van der Waals surface area contributed by atoms with E-state index < -0.39 is 0 Å². The Morgan fingerprint density at radius 3 is 2.63 bits per heavy atom. The lowest BCUT2D eigenvalue weighted by molar-refractivity contribution is 0.214. The van der Waals surface area contributed by atoms with Gasteiger partial charge in [0.2, 0.25) is 0 Å². The summed E-state index contributed by atoms with van der Waals surface area (Å²) in [6, 6.07) is 1.20. The zero-order valence-corrected chi connectivity index (χ0v) is 12.3. The van der Waals surface area contributed by atoms with Gasteiger partial charge < -0.3 is 9.88 Å². The number of aromatic nitrogens is 2. The maximum atomic E-state index is 4.45. The molecule has 2 fully saturated rings. The van der Waals surface area contributed by atoms with Gasteiger partial charge in [0.1, 0.15) is 0 Å². The molecular formula is C16H27N3. The van der Waals surface area contributed by atoms with Crippen LogP contribution in [0.4, 0.5) is 0 Å². The summed E-state index contributed by atoms with van der Waals surface area (Å²) in [5.41, 5.74) is 1.42. The van der Waals surface area contributed by atoms with Crippen LogP contribution in [0.2, 0.25) is 0 Å². The second-order valence-electron chi connectivity index (χ2n) is 6.80. The maximum absolute atomic E-state index is 4.45. The third kappa shape index (κ3) is 2.86. The summed E-state index contributed by atoms with van der Waals surface area (Å²) >= 11 is 0.